The van der Waals surface area contributed by atoms with E-state index >= 15 is 0 Å². The standard InChI is InChI=1S/C10H10BrF3N4O/c1-5-8(11)9(10(12,13)14)17-18(5)4-3-7-16-15-6(2)19-7/h3-4H2,1-2H3. The molecule has 2 aromatic rings. The second-order valence-corrected chi connectivity index (χ2v) is 4.73. The molecule has 0 atom stereocenters. The average Bonchev–Trinajstić information content (AvgIpc) is 2.83. The van der Waals surface area contributed by atoms with Crippen molar-refractivity contribution in [2.45, 2.75) is 33.0 Å². The van der Waals surface area contributed by atoms with Crippen LogP contribution in [0.3, 0.4) is 0 Å². The number of alkyl halides is 3. The lowest BCUT2D eigenvalue weighted by Crippen LogP contribution is -2.10. The third kappa shape index (κ3) is 2.96. The predicted molar refractivity (Wildman–Crippen MR) is 62.4 cm³/mol. The van der Waals surface area contributed by atoms with Crippen LogP contribution in [-0.2, 0) is 19.1 Å². The molecule has 2 heterocycles. The van der Waals surface area contributed by atoms with Gasteiger partial charge in [-0.1, -0.05) is 0 Å². The Morgan fingerprint density at radius 2 is 1.95 bits per heavy atom. The summed E-state index contributed by atoms with van der Waals surface area (Å²) in [6.07, 6.45) is -4.15. The second-order valence-electron chi connectivity index (χ2n) is 3.93. The molecular formula is C10H10BrF3N4O. The summed E-state index contributed by atoms with van der Waals surface area (Å²) in [6, 6.07) is 0. The molecule has 104 valence electrons. The molecule has 5 nitrogen and oxygen atoms in total. The van der Waals surface area contributed by atoms with Gasteiger partial charge in [0.15, 0.2) is 5.69 Å². The van der Waals surface area contributed by atoms with E-state index in [1.807, 2.05) is 0 Å². The maximum Gasteiger partial charge on any atom is 0.436 e. The van der Waals surface area contributed by atoms with Crippen LogP contribution in [0.1, 0.15) is 23.2 Å². The van der Waals surface area contributed by atoms with Gasteiger partial charge in [0, 0.05) is 19.9 Å². The first-order chi connectivity index (χ1) is 8.79. The molecule has 0 radical (unpaired) electrons. The van der Waals surface area contributed by atoms with Crippen molar-refractivity contribution >= 4 is 15.9 Å². The molecule has 0 aliphatic rings. The van der Waals surface area contributed by atoms with E-state index in [-0.39, 0.29) is 11.0 Å². The Bertz CT molecular complexity index is 590. The Kier molecular flexibility index (Phi) is 3.66. The van der Waals surface area contributed by atoms with E-state index in [1.54, 1.807) is 13.8 Å². The van der Waals surface area contributed by atoms with Gasteiger partial charge >= 0.3 is 6.18 Å². The van der Waals surface area contributed by atoms with Crippen molar-refractivity contribution in [3.8, 4) is 0 Å². The zero-order chi connectivity index (χ0) is 14.2. The van der Waals surface area contributed by atoms with Gasteiger partial charge in [-0.3, -0.25) is 4.68 Å². The maximum absolute atomic E-state index is 12.7. The first-order valence-electron chi connectivity index (χ1n) is 5.38. The molecule has 0 aromatic carbocycles. The van der Waals surface area contributed by atoms with E-state index in [4.69, 9.17) is 4.42 Å². The number of aromatic nitrogens is 4. The molecular weight excluding hydrogens is 329 g/mol. The van der Waals surface area contributed by atoms with Crippen LogP contribution in [0.15, 0.2) is 8.89 Å². The highest BCUT2D eigenvalue weighted by Gasteiger charge is 2.37. The van der Waals surface area contributed by atoms with Crippen LogP contribution in [0.2, 0.25) is 0 Å². The molecule has 0 N–H and O–H groups in total. The van der Waals surface area contributed by atoms with Crippen molar-refractivity contribution in [3.63, 3.8) is 0 Å². The van der Waals surface area contributed by atoms with E-state index < -0.39 is 11.9 Å². The summed E-state index contributed by atoms with van der Waals surface area (Å²) < 4.78 is 44.4. The molecule has 0 aliphatic carbocycles. The second kappa shape index (κ2) is 4.95. The first-order valence-corrected chi connectivity index (χ1v) is 6.17. The van der Waals surface area contributed by atoms with Crippen LogP contribution in [-0.4, -0.2) is 20.0 Å². The smallest absolute Gasteiger partial charge is 0.426 e. The molecule has 0 aliphatic heterocycles. The number of nitrogens with zero attached hydrogens (tertiary/aromatic N) is 4. The zero-order valence-corrected chi connectivity index (χ0v) is 11.7. The molecule has 9 heteroatoms. The third-order valence-corrected chi connectivity index (χ3v) is 3.46. The summed E-state index contributed by atoms with van der Waals surface area (Å²) in [5.74, 6) is 0.793. The van der Waals surface area contributed by atoms with Gasteiger partial charge in [0.05, 0.1) is 10.2 Å². The normalized spacial score (nSPS) is 12.1. The largest absolute Gasteiger partial charge is 0.436 e. The summed E-state index contributed by atoms with van der Waals surface area (Å²) in [5.41, 5.74) is -0.518. The van der Waals surface area contributed by atoms with Crippen molar-refractivity contribution in [1.29, 1.82) is 0 Å². The lowest BCUT2D eigenvalue weighted by molar-refractivity contribution is -0.142. The lowest BCUT2D eigenvalue weighted by Gasteiger charge is -2.02. The summed E-state index contributed by atoms with van der Waals surface area (Å²) in [6.45, 7) is 3.45. The van der Waals surface area contributed by atoms with Crippen LogP contribution in [0.5, 0.6) is 0 Å². The molecule has 0 amide bonds. The van der Waals surface area contributed by atoms with Gasteiger partial charge in [-0.05, 0) is 22.9 Å². The van der Waals surface area contributed by atoms with Crippen molar-refractivity contribution in [2.75, 3.05) is 0 Å². The average molecular weight is 339 g/mol. The summed E-state index contributed by atoms with van der Waals surface area (Å²) in [7, 11) is 0. The Morgan fingerprint density at radius 3 is 2.42 bits per heavy atom. The highest BCUT2D eigenvalue weighted by atomic mass is 79.9. The van der Waals surface area contributed by atoms with Gasteiger partial charge in [-0.15, -0.1) is 10.2 Å². The maximum atomic E-state index is 12.7. The van der Waals surface area contributed by atoms with Crippen molar-refractivity contribution in [2.24, 2.45) is 0 Å². The number of hydrogen-bond donors (Lipinski definition) is 0. The topological polar surface area (TPSA) is 56.7 Å². The third-order valence-electron chi connectivity index (χ3n) is 2.51. The number of rotatable bonds is 3. The van der Waals surface area contributed by atoms with Gasteiger partial charge in [0.25, 0.3) is 0 Å². The lowest BCUT2D eigenvalue weighted by atomic mass is 10.3. The van der Waals surface area contributed by atoms with Gasteiger partial charge in [0.2, 0.25) is 11.8 Å². The minimum atomic E-state index is -4.48. The van der Waals surface area contributed by atoms with E-state index in [0.717, 1.165) is 0 Å². The van der Waals surface area contributed by atoms with Crippen molar-refractivity contribution < 1.29 is 17.6 Å². The Balaban J connectivity index is 2.17. The quantitative estimate of drug-likeness (QED) is 0.863. The summed E-state index contributed by atoms with van der Waals surface area (Å²) in [4.78, 5) is 0. The molecule has 0 saturated heterocycles. The van der Waals surface area contributed by atoms with Gasteiger partial charge < -0.3 is 4.42 Å². The fourth-order valence-corrected chi connectivity index (χ4v) is 2.07. The zero-order valence-electron chi connectivity index (χ0n) is 10.1. The van der Waals surface area contributed by atoms with Crippen molar-refractivity contribution in [3.05, 3.63) is 27.6 Å². The van der Waals surface area contributed by atoms with Crippen LogP contribution < -0.4 is 0 Å². The molecule has 19 heavy (non-hydrogen) atoms. The SMILES string of the molecule is Cc1nnc(CCn2nc(C(F)(F)F)c(Br)c2C)o1. The number of hydrogen-bond acceptors (Lipinski definition) is 4. The Labute approximate surface area is 114 Å². The van der Waals surface area contributed by atoms with Crippen LogP contribution >= 0.6 is 15.9 Å². The monoisotopic (exact) mass is 338 g/mol. The van der Waals surface area contributed by atoms with Gasteiger partial charge in [-0.25, -0.2) is 0 Å². The highest BCUT2D eigenvalue weighted by molar-refractivity contribution is 9.10. The highest BCUT2D eigenvalue weighted by Crippen LogP contribution is 2.35. The molecule has 0 saturated carbocycles. The Morgan fingerprint density at radius 1 is 1.26 bits per heavy atom. The fraction of sp³-hybridized carbons (Fsp3) is 0.500. The summed E-state index contributed by atoms with van der Waals surface area (Å²) >= 11 is 2.91. The van der Waals surface area contributed by atoms with Crippen molar-refractivity contribution in [1.82, 2.24) is 20.0 Å². The molecule has 0 spiro atoms. The minimum absolute atomic E-state index is 0.0401. The van der Waals surface area contributed by atoms with E-state index in [2.05, 4.69) is 31.2 Å². The molecule has 0 unspecified atom stereocenters. The molecule has 0 fully saturated rings. The fourth-order valence-electron chi connectivity index (χ4n) is 1.56. The van der Waals surface area contributed by atoms with Crippen LogP contribution in [0.4, 0.5) is 13.2 Å². The number of aryl methyl sites for hydroxylation is 3. The van der Waals surface area contributed by atoms with E-state index in [0.29, 0.717) is 23.9 Å². The first kappa shape index (κ1) is 14.0. The van der Waals surface area contributed by atoms with E-state index in [1.165, 1.54) is 4.68 Å². The van der Waals surface area contributed by atoms with Gasteiger partial charge in [0.1, 0.15) is 0 Å². The number of halogens is 4. The van der Waals surface area contributed by atoms with Gasteiger partial charge in [-0.2, -0.15) is 18.3 Å². The molecule has 0 bridgehead atoms. The summed E-state index contributed by atoms with van der Waals surface area (Å²) in [5, 5.41) is 11.0. The Hall–Kier alpha value is -1.38. The predicted octanol–water partition coefficient (Wildman–Crippen LogP) is 2.91. The molecule has 2 aromatic heterocycles. The minimum Gasteiger partial charge on any atom is -0.426 e. The van der Waals surface area contributed by atoms with Crippen LogP contribution in [0.25, 0.3) is 0 Å². The van der Waals surface area contributed by atoms with E-state index in [9.17, 15) is 13.2 Å². The molecule has 2 rings (SSSR count). The van der Waals surface area contributed by atoms with Crippen LogP contribution in [0, 0.1) is 13.8 Å².